The Balaban J connectivity index is 2.00. The molecule has 2 aromatic rings. The molecule has 2 amide bonds. The molecule has 0 aromatic heterocycles. The molecular weight excluding hydrogens is 320 g/mol. The van der Waals surface area contributed by atoms with Crippen molar-refractivity contribution in [1.29, 1.82) is 0 Å². The third kappa shape index (κ3) is 4.70. The molecule has 0 saturated heterocycles. The Bertz CT molecular complexity index is 805. The van der Waals surface area contributed by atoms with Gasteiger partial charge in [0.2, 0.25) is 0 Å². The van der Waals surface area contributed by atoms with Gasteiger partial charge < -0.3 is 15.4 Å². The van der Waals surface area contributed by atoms with Crippen molar-refractivity contribution < 1.29 is 22.5 Å². The molecule has 2 rings (SSSR count). The van der Waals surface area contributed by atoms with Gasteiger partial charge in [0.1, 0.15) is 5.75 Å². The van der Waals surface area contributed by atoms with Crippen LogP contribution in [0.25, 0.3) is 0 Å². The summed E-state index contributed by atoms with van der Waals surface area (Å²) in [7, 11) is -2.77. The van der Waals surface area contributed by atoms with Crippen LogP contribution in [0.3, 0.4) is 0 Å². The van der Waals surface area contributed by atoms with E-state index >= 15 is 0 Å². The molecule has 0 aliphatic carbocycles. The number of hydrogen-bond donors (Lipinski definition) is 3. The molecule has 0 unspecified atom stereocenters. The molecule has 0 bridgehead atoms. The average molecular weight is 336 g/mol. The summed E-state index contributed by atoms with van der Waals surface area (Å²) in [6.45, 7) is 0.244. The van der Waals surface area contributed by atoms with Crippen LogP contribution >= 0.6 is 0 Å². The second kappa shape index (κ2) is 7.12. The first-order valence-corrected chi connectivity index (χ1v) is 8.08. The van der Waals surface area contributed by atoms with Crippen molar-refractivity contribution in [1.82, 2.24) is 5.32 Å². The van der Waals surface area contributed by atoms with E-state index in [2.05, 4.69) is 10.6 Å². The van der Waals surface area contributed by atoms with Crippen molar-refractivity contribution in [3.05, 3.63) is 54.1 Å². The van der Waals surface area contributed by atoms with E-state index in [9.17, 15) is 13.2 Å². The Morgan fingerprint density at radius 3 is 2.61 bits per heavy atom. The smallest absolute Gasteiger partial charge is 0.319 e. The minimum Gasteiger partial charge on any atom is -0.496 e. The first-order chi connectivity index (χ1) is 10.9. The van der Waals surface area contributed by atoms with E-state index in [1.165, 1.54) is 18.2 Å². The lowest BCUT2D eigenvalue weighted by molar-refractivity contribution is 0.251. The van der Waals surface area contributed by atoms with Crippen LogP contribution < -0.4 is 15.4 Å². The van der Waals surface area contributed by atoms with Crippen LogP contribution in [-0.2, 0) is 16.7 Å². The number of rotatable bonds is 5. The molecule has 3 N–H and O–H groups in total. The molecule has 23 heavy (non-hydrogen) atoms. The third-order valence-electron chi connectivity index (χ3n) is 3.02. The van der Waals surface area contributed by atoms with E-state index < -0.39 is 16.1 Å². The number of nitrogens with one attached hydrogen (secondary N) is 2. The van der Waals surface area contributed by atoms with Crippen molar-refractivity contribution in [2.45, 2.75) is 11.4 Å². The van der Waals surface area contributed by atoms with E-state index in [4.69, 9.17) is 9.29 Å². The molecular formula is C15H16N2O5S. The summed E-state index contributed by atoms with van der Waals surface area (Å²) in [4.78, 5) is 11.6. The lowest BCUT2D eigenvalue weighted by Crippen LogP contribution is -2.28. The number of para-hydroxylation sites is 1. The highest BCUT2D eigenvalue weighted by molar-refractivity contribution is 7.85. The summed E-state index contributed by atoms with van der Waals surface area (Å²) in [5, 5.41) is 5.13. The number of anilines is 1. The summed E-state index contributed by atoms with van der Waals surface area (Å²) < 4.78 is 36.3. The topological polar surface area (TPSA) is 105 Å². The minimum atomic E-state index is -4.31. The number of carbonyl (C=O) groups excluding carboxylic acids is 1. The van der Waals surface area contributed by atoms with Crippen molar-refractivity contribution in [2.24, 2.45) is 0 Å². The molecule has 8 heteroatoms. The lowest BCUT2D eigenvalue weighted by Gasteiger charge is -2.11. The van der Waals surface area contributed by atoms with Gasteiger partial charge in [-0.1, -0.05) is 24.3 Å². The molecule has 0 fully saturated rings. The number of methoxy groups -OCH3 is 1. The second-order valence-electron chi connectivity index (χ2n) is 4.62. The van der Waals surface area contributed by atoms with Crippen LogP contribution in [0.5, 0.6) is 5.75 Å². The summed E-state index contributed by atoms with van der Waals surface area (Å²) in [6.07, 6.45) is 0. The molecule has 7 nitrogen and oxygen atoms in total. The van der Waals surface area contributed by atoms with Crippen molar-refractivity contribution >= 4 is 21.8 Å². The maximum absolute atomic E-state index is 11.9. The van der Waals surface area contributed by atoms with Gasteiger partial charge in [0.15, 0.2) is 0 Å². The standard InChI is InChI=1S/C15H16N2O5S/c1-22-14-8-3-2-5-11(14)10-16-15(18)17-12-6-4-7-13(9-12)23(19,20)21/h2-9H,10H2,1H3,(H2,16,17,18)(H,19,20,21). The van der Waals surface area contributed by atoms with E-state index in [0.29, 0.717) is 5.75 Å². The van der Waals surface area contributed by atoms with Gasteiger partial charge in [-0.15, -0.1) is 0 Å². The third-order valence-corrected chi connectivity index (χ3v) is 3.87. The molecule has 0 aliphatic rings. The van der Waals surface area contributed by atoms with Crippen LogP contribution in [-0.4, -0.2) is 26.1 Å². The van der Waals surface area contributed by atoms with Gasteiger partial charge >= 0.3 is 6.03 Å². The zero-order valence-corrected chi connectivity index (χ0v) is 13.1. The second-order valence-corrected chi connectivity index (χ2v) is 6.04. The molecule has 0 radical (unpaired) electrons. The molecule has 122 valence electrons. The lowest BCUT2D eigenvalue weighted by atomic mass is 10.2. The summed E-state index contributed by atoms with van der Waals surface area (Å²) in [5.41, 5.74) is 1.05. The average Bonchev–Trinajstić information content (AvgIpc) is 2.52. The van der Waals surface area contributed by atoms with Crippen LogP contribution in [0.4, 0.5) is 10.5 Å². The largest absolute Gasteiger partial charge is 0.496 e. The Morgan fingerprint density at radius 1 is 1.17 bits per heavy atom. The summed E-state index contributed by atoms with van der Waals surface area (Å²) in [6, 6.07) is 12.1. The number of urea groups is 1. The Morgan fingerprint density at radius 2 is 1.91 bits per heavy atom. The van der Waals surface area contributed by atoms with Gasteiger partial charge in [0, 0.05) is 17.8 Å². The first kappa shape index (κ1) is 16.8. The van der Waals surface area contributed by atoms with E-state index in [1.807, 2.05) is 18.2 Å². The number of hydrogen-bond acceptors (Lipinski definition) is 4. The maximum atomic E-state index is 11.9. The van der Waals surface area contributed by atoms with Gasteiger partial charge in [-0.3, -0.25) is 4.55 Å². The fraction of sp³-hybridized carbons (Fsp3) is 0.133. The van der Waals surface area contributed by atoms with Gasteiger partial charge in [-0.2, -0.15) is 8.42 Å². The number of ether oxygens (including phenoxy) is 1. The Kier molecular flexibility index (Phi) is 5.20. The van der Waals surface area contributed by atoms with Gasteiger partial charge in [-0.05, 0) is 24.3 Å². The molecule has 0 aliphatic heterocycles. The molecule has 0 saturated carbocycles. The normalized spacial score (nSPS) is 10.9. The number of carbonyl (C=O) groups is 1. The Labute approximate surface area is 134 Å². The summed E-state index contributed by atoms with van der Waals surface area (Å²) >= 11 is 0. The van der Waals surface area contributed by atoms with Gasteiger partial charge in [0.05, 0.1) is 12.0 Å². The quantitative estimate of drug-likeness (QED) is 0.727. The molecule has 2 aromatic carbocycles. The van der Waals surface area contributed by atoms with Crippen LogP contribution in [0.1, 0.15) is 5.56 Å². The highest BCUT2D eigenvalue weighted by Crippen LogP contribution is 2.17. The zero-order valence-electron chi connectivity index (χ0n) is 12.3. The zero-order chi connectivity index (χ0) is 16.9. The maximum Gasteiger partial charge on any atom is 0.319 e. The first-order valence-electron chi connectivity index (χ1n) is 6.64. The summed E-state index contributed by atoms with van der Waals surface area (Å²) in [5.74, 6) is 0.654. The van der Waals surface area contributed by atoms with Crippen LogP contribution in [0.15, 0.2) is 53.4 Å². The minimum absolute atomic E-state index is 0.244. The molecule has 0 atom stereocenters. The Hall–Kier alpha value is -2.58. The SMILES string of the molecule is COc1ccccc1CNC(=O)Nc1cccc(S(=O)(=O)O)c1. The van der Waals surface area contributed by atoms with Gasteiger partial charge in [0.25, 0.3) is 10.1 Å². The van der Waals surface area contributed by atoms with E-state index in [0.717, 1.165) is 11.6 Å². The molecule has 0 spiro atoms. The van der Waals surface area contributed by atoms with Crippen molar-refractivity contribution in [3.63, 3.8) is 0 Å². The van der Waals surface area contributed by atoms with Gasteiger partial charge in [-0.25, -0.2) is 4.79 Å². The van der Waals surface area contributed by atoms with Crippen LogP contribution in [0, 0.1) is 0 Å². The fourth-order valence-corrected chi connectivity index (χ4v) is 2.46. The van der Waals surface area contributed by atoms with E-state index in [-0.39, 0.29) is 17.1 Å². The number of benzene rings is 2. The fourth-order valence-electron chi connectivity index (χ4n) is 1.93. The predicted octanol–water partition coefficient (Wildman–Crippen LogP) is 2.26. The number of amides is 2. The van der Waals surface area contributed by atoms with Crippen LogP contribution in [0.2, 0.25) is 0 Å². The van der Waals surface area contributed by atoms with E-state index in [1.54, 1.807) is 13.2 Å². The highest BCUT2D eigenvalue weighted by atomic mass is 32.2. The predicted molar refractivity (Wildman–Crippen MR) is 85.1 cm³/mol. The van der Waals surface area contributed by atoms with Crippen molar-refractivity contribution in [2.75, 3.05) is 12.4 Å². The highest BCUT2D eigenvalue weighted by Gasteiger charge is 2.11. The van der Waals surface area contributed by atoms with Crippen molar-refractivity contribution in [3.8, 4) is 5.75 Å². The monoisotopic (exact) mass is 336 g/mol. The molecule has 0 heterocycles.